The van der Waals surface area contributed by atoms with Gasteiger partial charge in [-0.3, -0.25) is 0 Å². The van der Waals surface area contributed by atoms with Gasteiger partial charge in [0.15, 0.2) is 0 Å². The number of thiazole rings is 1. The van der Waals surface area contributed by atoms with E-state index in [1.807, 2.05) is 13.2 Å². The molecule has 0 radical (unpaired) electrons. The van der Waals surface area contributed by atoms with E-state index in [0.29, 0.717) is 6.54 Å². The summed E-state index contributed by atoms with van der Waals surface area (Å²) in [6.07, 6.45) is 2.00. The lowest BCUT2D eigenvalue weighted by Gasteiger charge is -2.22. The van der Waals surface area contributed by atoms with Crippen molar-refractivity contribution < 1.29 is 5.11 Å². The maximum atomic E-state index is 10.0. The van der Waals surface area contributed by atoms with Gasteiger partial charge in [-0.1, -0.05) is 20.8 Å². The van der Waals surface area contributed by atoms with Crippen LogP contribution in [0.2, 0.25) is 0 Å². The van der Waals surface area contributed by atoms with Crippen molar-refractivity contribution >= 4 is 23.1 Å². The van der Waals surface area contributed by atoms with E-state index < -0.39 is 5.60 Å². The van der Waals surface area contributed by atoms with Crippen LogP contribution in [0.25, 0.3) is 0 Å². The lowest BCUT2D eigenvalue weighted by Crippen LogP contribution is -2.39. The van der Waals surface area contributed by atoms with Crippen LogP contribution >= 0.6 is 23.1 Å². The number of thioether (sulfide) groups is 1. The fourth-order valence-electron chi connectivity index (χ4n) is 1.54. The van der Waals surface area contributed by atoms with Crippen molar-refractivity contribution in [2.75, 3.05) is 18.6 Å². The zero-order valence-electron chi connectivity index (χ0n) is 11.9. The number of rotatable bonds is 6. The Labute approximate surface area is 118 Å². The quantitative estimate of drug-likeness (QED) is 0.845. The highest BCUT2D eigenvalue weighted by Gasteiger charge is 2.20. The summed E-state index contributed by atoms with van der Waals surface area (Å²) in [7, 11) is 0. The Balaban J connectivity index is 2.43. The highest BCUT2D eigenvalue weighted by atomic mass is 32.2. The van der Waals surface area contributed by atoms with Gasteiger partial charge in [-0.25, -0.2) is 4.98 Å². The molecular weight excluding hydrogens is 264 g/mol. The SMILES string of the molecule is CSCC(C)(O)CNCc1nc(C(C)(C)C)cs1. The first kappa shape index (κ1) is 16.0. The predicted octanol–water partition coefficient (Wildman–Crippen LogP) is 2.64. The van der Waals surface area contributed by atoms with Crippen molar-refractivity contribution in [2.24, 2.45) is 0 Å². The Hall–Kier alpha value is -0.100. The number of hydrogen-bond donors (Lipinski definition) is 2. The first-order chi connectivity index (χ1) is 8.24. The van der Waals surface area contributed by atoms with E-state index in [1.54, 1.807) is 23.1 Å². The van der Waals surface area contributed by atoms with Crippen LogP contribution in [0, 0.1) is 0 Å². The highest BCUT2D eigenvalue weighted by Crippen LogP contribution is 2.23. The van der Waals surface area contributed by atoms with Gasteiger partial charge >= 0.3 is 0 Å². The molecule has 0 spiro atoms. The van der Waals surface area contributed by atoms with Gasteiger partial charge in [-0.15, -0.1) is 11.3 Å². The predicted molar refractivity (Wildman–Crippen MR) is 81.5 cm³/mol. The normalized spacial score (nSPS) is 15.7. The monoisotopic (exact) mass is 288 g/mol. The Bertz CT molecular complexity index is 369. The van der Waals surface area contributed by atoms with Gasteiger partial charge in [0.1, 0.15) is 5.01 Å². The highest BCUT2D eigenvalue weighted by molar-refractivity contribution is 7.98. The minimum absolute atomic E-state index is 0.110. The molecule has 1 heterocycles. The van der Waals surface area contributed by atoms with Crippen molar-refractivity contribution in [1.82, 2.24) is 10.3 Å². The van der Waals surface area contributed by atoms with E-state index in [4.69, 9.17) is 0 Å². The second-order valence-corrected chi connectivity index (χ2v) is 7.72. The number of nitrogens with one attached hydrogen (secondary N) is 1. The molecule has 0 saturated heterocycles. The number of hydrogen-bond acceptors (Lipinski definition) is 5. The smallest absolute Gasteiger partial charge is 0.107 e. The van der Waals surface area contributed by atoms with E-state index >= 15 is 0 Å². The second kappa shape index (κ2) is 6.37. The summed E-state index contributed by atoms with van der Waals surface area (Å²) in [5.41, 5.74) is 0.600. The molecule has 1 aromatic heterocycles. The Morgan fingerprint density at radius 1 is 1.39 bits per heavy atom. The summed E-state index contributed by atoms with van der Waals surface area (Å²) in [4.78, 5) is 4.62. The molecule has 5 heteroatoms. The van der Waals surface area contributed by atoms with E-state index in [0.717, 1.165) is 23.0 Å². The van der Waals surface area contributed by atoms with E-state index in [1.165, 1.54) is 0 Å². The minimum atomic E-state index is -0.649. The molecule has 2 N–H and O–H groups in total. The minimum Gasteiger partial charge on any atom is -0.388 e. The molecule has 0 aliphatic rings. The van der Waals surface area contributed by atoms with Crippen molar-refractivity contribution in [3.63, 3.8) is 0 Å². The van der Waals surface area contributed by atoms with E-state index in [9.17, 15) is 5.11 Å². The first-order valence-corrected chi connectivity index (χ1v) is 8.39. The van der Waals surface area contributed by atoms with Gasteiger partial charge in [0.25, 0.3) is 0 Å². The topological polar surface area (TPSA) is 45.1 Å². The van der Waals surface area contributed by atoms with Gasteiger partial charge in [-0.05, 0) is 13.2 Å². The van der Waals surface area contributed by atoms with Crippen molar-refractivity contribution in [3.8, 4) is 0 Å². The molecule has 1 unspecified atom stereocenters. The van der Waals surface area contributed by atoms with Gasteiger partial charge in [-0.2, -0.15) is 11.8 Å². The average molecular weight is 288 g/mol. The van der Waals surface area contributed by atoms with Gasteiger partial charge in [0.05, 0.1) is 11.3 Å². The molecule has 104 valence electrons. The summed E-state index contributed by atoms with van der Waals surface area (Å²) in [6.45, 7) is 9.69. The zero-order valence-corrected chi connectivity index (χ0v) is 13.5. The summed E-state index contributed by atoms with van der Waals surface area (Å²) < 4.78 is 0. The first-order valence-electron chi connectivity index (χ1n) is 6.11. The molecule has 0 bridgehead atoms. The third kappa shape index (κ3) is 5.26. The summed E-state index contributed by atoms with van der Waals surface area (Å²) in [5.74, 6) is 0.741. The molecular formula is C13H24N2OS2. The van der Waals surface area contributed by atoms with Crippen LogP contribution in [0.1, 0.15) is 38.4 Å². The molecule has 18 heavy (non-hydrogen) atoms. The molecule has 1 rings (SSSR count). The van der Waals surface area contributed by atoms with Gasteiger partial charge in [0.2, 0.25) is 0 Å². The van der Waals surface area contributed by atoms with Crippen LogP contribution in [0.4, 0.5) is 0 Å². The standard InChI is InChI=1S/C13H24N2OS2/c1-12(2,3)10-7-18-11(15-10)6-14-8-13(4,16)9-17-5/h7,14,16H,6,8-9H2,1-5H3. The third-order valence-electron chi connectivity index (χ3n) is 2.56. The molecule has 3 nitrogen and oxygen atoms in total. The average Bonchev–Trinajstić information content (AvgIpc) is 2.65. The van der Waals surface area contributed by atoms with Crippen LogP contribution in [0.3, 0.4) is 0 Å². The molecule has 0 aromatic carbocycles. The number of aliphatic hydroxyl groups is 1. The third-order valence-corrected chi connectivity index (χ3v) is 4.32. The van der Waals surface area contributed by atoms with E-state index in [-0.39, 0.29) is 5.41 Å². The van der Waals surface area contributed by atoms with E-state index in [2.05, 4.69) is 36.5 Å². The maximum absolute atomic E-state index is 10.0. The van der Waals surface area contributed by atoms with Crippen LogP contribution in [0.15, 0.2) is 5.38 Å². The lowest BCUT2D eigenvalue weighted by molar-refractivity contribution is 0.0846. The van der Waals surface area contributed by atoms with Crippen LogP contribution in [-0.4, -0.2) is 34.2 Å². The second-order valence-electron chi connectivity index (χ2n) is 5.91. The molecule has 1 aromatic rings. The van der Waals surface area contributed by atoms with Crippen LogP contribution < -0.4 is 5.32 Å². The largest absolute Gasteiger partial charge is 0.388 e. The lowest BCUT2D eigenvalue weighted by atomic mass is 9.93. The van der Waals surface area contributed by atoms with Crippen LogP contribution in [0.5, 0.6) is 0 Å². The fraction of sp³-hybridized carbons (Fsp3) is 0.769. The molecule has 1 atom stereocenters. The summed E-state index contributed by atoms with van der Waals surface area (Å²) in [6, 6.07) is 0. The van der Waals surface area contributed by atoms with Crippen molar-refractivity contribution in [3.05, 3.63) is 16.1 Å². The van der Waals surface area contributed by atoms with Crippen molar-refractivity contribution in [1.29, 1.82) is 0 Å². The zero-order chi connectivity index (χ0) is 13.8. The van der Waals surface area contributed by atoms with Crippen LogP contribution in [-0.2, 0) is 12.0 Å². The number of nitrogens with zero attached hydrogens (tertiary/aromatic N) is 1. The molecule has 0 amide bonds. The van der Waals surface area contributed by atoms with Gasteiger partial charge in [0, 0.05) is 29.6 Å². The van der Waals surface area contributed by atoms with Crippen molar-refractivity contribution in [2.45, 2.75) is 45.3 Å². The molecule has 0 aliphatic heterocycles. The Morgan fingerprint density at radius 3 is 2.56 bits per heavy atom. The van der Waals surface area contributed by atoms with Gasteiger partial charge < -0.3 is 10.4 Å². The summed E-state index contributed by atoms with van der Waals surface area (Å²) in [5, 5.41) is 16.5. The Kier molecular flexibility index (Phi) is 5.65. The molecule has 0 aliphatic carbocycles. The number of aromatic nitrogens is 1. The summed E-state index contributed by atoms with van der Waals surface area (Å²) >= 11 is 3.34. The Morgan fingerprint density at radius 2 is 2.06 bits per heavy atom. The molecule has 0 fully saturated rings. The maximum Gasteiger partial charge on any atom is 0.107 e. The molecule has 0 saturated carbocycles. The fourth-order valence-corrected chi connectivity index (χ4v) is 3.25.